The van der Waals surface area contributed by atoms with Crippen molar-refractivity contribution in [3.8, 4) is 5.75 Å². The zero-order chi connectivity index (χ0) is 13.0. The maximum absolute atomic E-state index is 11.5. The Morgan fingerprint density at radius 2 is 2.11 bits per heavy atom. The molecule has 1 atom stereocenters. The number of carbonyl (C=O) groups is 1. The summed E-state index contributed by atoms with van der Waals surface area (Å²) in [5.41, 5.74) is 0.222. The van der Waals surface area contributed by atoms with E-state index in [9.17, 15) is 9.90 Å². The van der Waals surface area contributed by atoms with Crippen LogP contribution < -0.4 is 10.1 Å². The first-order valence-corrected chi connectivity index (χ1v) is 6.28. The van der Waals surface area contributed by atoms with Gasteiger partial charge in [0.2, 0.25) is 0 Å². The Morgan fingerprint density at radius 1 is 1.39 bits per heavy atom. The van der Waals surface area contributed by atoms with Gasteiger partial charge in [-0.1, -0.05) is 12.1 Å². The van der Waals surface area contributed by atoms with Crippen LogP contribution in [0.2, 0.25) is 0 Å². The number of aliphatic carboxylic acids is 1. The lowest BCUT2D eigenvalue weighted by Crippen LogP contribution is -2.56. The maximum atomic E-state index is 11.5. The number of piperidine rings is 1. The molecule has 0 spiro atoms. The molecule has 98 valence electrons. The van der Waals surface area contributed by atoms with Gasteiger partial charge in [0.25, 0.3) is 0 Å². The molecule has 0 aliphatic carbocycles. The van der Waals surface area contributed by atoms with Gasteiger partial charge in [-0.2, -0.15) is 0 Å². The predicted molar refractivity (Wildman–Crippen MR) is 68.9 cm³/mol. The van der Waals surface area contributed by atoms with Gasteiger partial charge in [0.1, 0.15) is 11.3 Å². The van der Waals surface area contributed by atoms with E-state index in [-0.39, 0.29) is 0 Å². The van der Waals surface area contributed by atoms with Crippen LogP contribution in [0.3, 0.4) is 0 Å². The molecule has 4 heteroatoms. The van der Waals surface area contributed by atoms with Crippen LogP contribution in [0.5, 0.6) is 5.75 Å². The number of ether oxygens (including phenoxy) is 1. The lowest BCUT2D eigenvalue weighted by atomic mass is 9.83. The van der Waals surface area contributed by atoms with Crippen LogP contribution in [-0.4, -0.2) is 30.3 Å². The Morgan fingerprint density at radius 3 is 2.61 bits per heavy atom. The molecule has 18 heavy (non-hydrogen) atoms. The third-order valence-corrected chi connectivity index (χ3v) is 3.57. The number of nitrogens with one attached hydrogen (secondary N) is 1. The lowest BCUT2D eigenvalue weighted by Gasteiger charge is -2.34. The first kappa shape index (κ1) is 12.9. The molecule has 2 rings (SSSR count). The number of rotatable bonds is 4. The van der Waals surface area contributed by atoms with E-state index in [2.05, 4.69) is 5.32 Å². The largest absolute Gasteiger partial charge is 0.497 e. The third-order valence-electron chi connectivity index (χ3n) is 3.57. The van der Waals surface area contributed by atoms with Crippen LogP contribution >= 0.6 is 0 Å². The zero-order valence-electron chi connectivity index (χ0n) is 10.6. The van der Waals surface area contributed by atoms with Crippen LogP contribution in [0.15, 0.2) is 24.3 Å². The SMILES string of the molecule is COc1ccc(CC2(C(=O)O)CCCCN2)cc1. The van der Waals surface area contributed by atoms with Crippen molar-refractivity contribution in [1.29, 1.82) is 0 Å². The number of methoxy groups -OCH3 is 1. The fourth-order valence-electron chi connectivity index (χ4n) is 2.47. The molecule has 1 aromatic carbocycles. The van der Waals surface area contributed by atoms with Gasteiger partial charge in [0, 0.05) is 6.42 Å². The van der Waals surface area contributed by atoms with E-state index < -0.39 is 11.5 Å². The Balaban J connectivity index is 2.15. The normalized spacial score (nSPS) is 23.6. The highest BCUT2D eigenvalue weighted by atomic mass is 16.5. The smallest absolute Gasteiger partial charge is 0.324 e. The number of carboxylic acid groups (broad SMARTS) is 1. The highest BCUT2D eigenvalue weighted by Crippen LogP contribution is 2.25. The van der Waals surface area contributed by atoms with E-state index in [0.717, 1.165) is 30.7 Å². The minimum Gasteiger partial charge on any atom is -0.497 e. The molecule has 2 N–H and O–H groups in total. The molecule has 4 nitrogen and oxygen atoms in total. The van der Waals surface area contributed by atoms with Crippen LogP contribution in [-0.2, 0) is 11.2 Å². The summed E-state index contributed by atoms with van der Waals surface area (Å²) in [7, 11) is 1.62. The summed E-state index contributed by atoms with van der Waals surface area (Å²) in [6.07, 6.45) is 3.23. The summed E-state index contributed by atoms with van der Waals surface area (Å²) in [6.45, 7) is 0.780. The Kier molecular flexibility index (Phi) is 3.87. The fraction of sp³-hybridized carbons (Fsp3) is 0.500. The van der Waals surface area contributed by atoms with E-state index in [1.165, 1.54) is 0 Å². The summed E-state index contributed by atoms with van der Waals surface area (Å²) in [6, 6.07) is 7.60. The van der Waals surface area contributed by atoms with Gasteiger partial charge in [-0.25, -0.2) is 0 Å². The molecule has 1 saturated heterocycles. The summed E-state index contributed by atoms with van der Waals surface area (Å²) in [5, 5.41) is 12.6. The monoisotopic (exact) mass is 249 g/mol. The molecule has 1 fully saturated rings. The minimum atomic E-state index is -0.799. The van der Waals surface area contributed by atoms with Gasteiger partial charge in [-0.15, -0.1) is 0 Å². The number of carboxylic acids is 1. The lowest BCUT2D eigenvalue weighted by molar-refractivity contribution is -0.146. The molecule has 0 radical (unpaired) electrons. The van der Waals surface area contributed by atoms with Crippen LogP contribution in [0.1, 0.15) is 24.8 Å². The van der Waals surface area contributed by atoms with Crippen molar-refractivity contribution < 1.29 is 14.6 Å². The van der Waals surface area contributed by atoms with E-state index in [1.807, 2.05) is 24.3 Å². The van der Waals surface area contributed by atoms with Crippen molar-refractivity contribution >= 4 is 5.97 Å². The average molecular weight is 249 g/mol. The molecule has 0 amide bonds. The van der Waals surface area contributed by atoms with Gasteiger partial charge in [-0.05, 0) is 43.5 Å². The second kappa shape index (κ2) is 5.40. The summed E-state index contributed by atoms with van der Waals surface area (Å²) in [4.78, 5) is 11.5. The second-order valence-electron chi connectivity index (χ2n) is 4.80. The first-order chi connectivity index (χ1) is 8.66. The summed E-state index contributed by atoms with van der Waals surface area (Å²) < 4.78 is 5.10. The number of hydrogen-bond acceptors (Lipinski definition) is 3. The molecule has 1 aromatic rings. The van der Waals surface area contributed by atoms with E-state index in [4.69, 9.17) is 4.74 Å². The molecule has 1 aliphatic heterocycles. The Labute approximate surface area is 107 Å². The molecular formula is C14H19NO3. The van der Waals surface area contributed by atoms with E-state index in [1.54, 1.807) is 7.11 Å². The molecule has 1 aliphatic rings. The molecule has 0 bridgehead atoms. The topological polar surface area (TPSA) is 58.6 Å². The minimum absolute atomic E-state index is 0.520. The Bertz CT molecular complexity index is 408. The fourth-order valence-corrected chi connectivity index (χ4v) is 2.47. The van der Waals surface area contributed by atoms with Gasteiger partial charge < -0.3 is 15.2 Å². The molecular weight excluding hydrogens is 230 g/mol. The molecule has 0 saturated carbocycles. The van der Waals surface area contributed by atoms with Crippen LogP contribution in [0.4, 0.5) is 0 Å². The summed E-state index contributed by atoms with van der Waals surface area (Å²) >= 11 is 0. The van der Waals surface area contributed by atoms with Crippen molar-refractivity contribution in [2.75, 3.05) is 13.7 Å². The van der Waals surface area contributed by atoms with Crippen LogP contribution in [0, 0.1) is 0 Å². The van der Waals surface area contributed by atoms with Crippen molar-refractivity contribution in [3.05, 3.63) is 29.8 Å². The van der Waals surface area contributed by atoms with Crippen molar-refractivity contribution in [3.63, 3.8) is 0 Å². The van der Waals surface area contributed by atoms with Crippen molar-refractivity contribution in [1.82, 2.24) is 5.32 Å². The highest BCUT2D eigenvalue weighted by molar-refractivity contribution is 5.79. The highest BCUT2D eigenvalue weighted by Gasteiger charge is 2.39. The van der Waals surface area contributed by atoms with Gasteiger partial charge in [0.15, 0.2) is 0 Å². The van der Waals surface area contributed by atoms with Crippen LogP contribution in [0.25, 0.3) is 0 Å². The Hall–Kier alpha value is -1.55. The first-order valence-electron chi connectivity index (χ1n) is 6.28. The zero-order valence-corrected chi connectivity index (χ0v) is 10.6. The van der Waals surface area contributed by atoms with Gasteiger partial charge >= 0.3 is 5.97 Å². The molecule has 0 aromatic heterocycles. The number of benzene rings is 1. The van der Waals surface area contributed by atoms with Crippen molar-refractivity contribution in [2.45, 2.75) is 31.2 Å². The third kappa shape index (κ3) is 2.64. The summed E-state index contributed by atoms with van der Waals surface area (Å²) in [5.74, 6) is 0.0396. The van der Waals surface area contributed by atoms with Crippen molar-refractivity contribution in [2.24, 2.45) is 0 Å². The van der Waals surface area contributed by atoms with Gasteiger partial charge in [0.05, 0.1) is 7.11 Å². The molecule has 1 unspecified atom stereocenters. The van der Waals surface area contributed by atoms with E-state index >= 15 is 0 Å². The second-order valence-corrected chi connectivity index (χ2v) is 4.80. The average Bonchev–Trinajstić information content (AvgIpc) is 2.40. The predicted octanol–water partition coefficient (Wildman–Crippen LogP) is 1.83. The van der Waals surface area contributed by atoms with Gasteiger partial charge in [-0.3, -0.25) is 4.79 Å². The standard InChI is InChI=1S/C14H19NO3/c1-18-12-6-4-11(5-7-12)10-14(13(16)17)8-2-3-9-15-14/h4-7,15H,2-3,8-10H2,1H3,(H,16,17). The quantitative estimate of drug-likeness (QED) is 0.854. The molecule has 1 heterocycles. The number of hydrogen-bond donors (Lipinski definition) is 2. The maximum Gasteiger partial charge on any atom is 0.324 e. The van der Waals surface area contributed by atoms with E-state index in [0.29, 0.717) is 12.8 Å².